The van der Waals surface area contributed by atoms with Gasteiger partial charge in [0.15, 0.2) is 0 Å². The maximum atomic E-state index is 5.96. The lowest BCUT2D eigenvalue weighted by molar-refractivity contribution is 0.221. The topological polar surface area (TPSA) is 41.3 Å². The van der Waals surface area contributed by atoms with Gasteiger partial charge in [0.2, 0.25) is 0 Å². The lowest BCUT2D eigenvalue weighted by Gasteiger charge is -2.26. The number of allylic oxidation sites excluding steroid dienone is 1. The van der Waals surface area contributed by atoms with E-state index in [0.717, 1.165) is 41.1 Å². The summed E-state index contributed by atoms with van der Waals surface area (Å²) in [6.45, 7) is 20.9. The Morgan fingerprint density at radius 3 is 1.94 bits per heavy atom. The van der Waals surface area contributed by atoms with E-state index in [2.05, 4.69) is 106 Å². The number of hydrogen-bond acceptors (Lipinski definition) is 3. The molecule has 0 bridgehead atoms. The van der Waals surface area contributed by atoms with E-state index in [1.807, 2.05) is 19.2 Å². The first kappa shape index (κ1) is 26.0. The van der Waals surface area contributed by atoms with Gasteiger partial charge in [0, 0.05) is 48.6 Å². The Labute approximate surface area is 201 Å². The average molecular weight is 442 g/mol. The fourth-order valence-corrected chi connectivity index (χ4v) is 3.82. The molecule has 3 heteroatoms. The van der Waals surface area contributed by atoms with Crippen LogP contribution in [0.5, 0.6) is 0 Å². The van der Waals surface area contributed by atoms with E-state index in [9.17, 15) is 0 Å². The molecule has 0 saturated heterocycles. The molecule has 3 nitrogen and oxygen atoms in total. The first-order valence-corrected chi connectivity index (χ1v) is 11.4. The fourth-order valence-electron chi connectivity index (χ4n) is 3.82. The Balaban J connectivity index is 2.00. The second-order valence-electron chi connectivity index (χ2n) is 9.97. The van der Waals surface area contributed by atoms with Crippen molar-refractivity contribution in [2.24, 2.45) is 17.1 Å². The highest BCUT2D eigenvalue weighted by Gasteiger charge is 2.16. The van der Waals surface area contributed by atoms with E-state index in [0.29, 0.717) is 17.5 Å². The highest BCUT2D eigenvalue weighted by molar-refractivity contribution is 5.65. The van der Waals surface area contributed by atoms with E-state index < -0.39 is 0 Å². The van der Waals surface area contributed by atoms with Gasteiger partial charge in [-0.05, 0) is 59.8 Å². The van der Waals surface area contributed by atoms with Gasteiger partial charge in [-0.2, -0.15) is 0 Å². The van der Waals surface area contributed by atoms with Crippen molar-refractivity contribution < 1.29 is 0 Å². The van der Waals surface area contributed by atoms with Crippen LogP contribution in [0.15, 0.2) is 79.7 Å². The summed E-state index contributed by atoms with van der Waals surface area (Å²) in [5.41, 5.74) is 13.0. The van der Waals surface area contributed by atoms with Gasteiger partial charge < -0.3 is 16.0 Å². The van der Waals surface area contributed by atoms with Gasteiger partial charge in [0.25, 0.3) is 0 Å². The van der Waals surface area contributed by atoms with E-state index in [-0.39, 0.29) is 5.92 Å². The van der Waals surface area contributed by atoms with Crippen molar-refractivity contribution >= 4 is 5.57 Å². The number of benzene rings is 2. The normalized spacial score (nSPS) is 11.9. The first-order valence-electron chi connectivity index (χ1n) is 11.4. The van der Waals surface area contributed by atoms with Gasteiger partial charge in [-0.3, -0.25) is 0 Å². The van der Waals surface area contributed by atoms with Gasteiger partial charge in [0.05, 0.1) is 0 Å². The van der Waals surface area contributed by atoms with Gasteiger partial charge in [-0.25, -0.2) is 0 Å². The zero-order valence-corrected chi connectivity index (χ0v) is 21.0. The molecule has 0 radical (unpaired) electrons. The fraction of sp³-hybridized carbons (Fsp3) is 0.333. The molecule has 0 aromatic heterocycles. The zero-order chi connectivity index (χ0) is 24.6. The lowest BCUT2D eigenvalue weighted by Crippen LogP contribution is -2.28. The van der Waals surface area contributed by atoms with Crippen molar-refractivity contribution in [1.82, 2.24) is 10.2 Å². The summed E-state index contributed by atoms with van der Waals surface area (Å²) in [5, 5.41) is 3.07. The molecule has 3 N–H and O–H groups in total. The Morgan fingerprint density at radius 2 is 1.48 bits per heavy atom. The molecule has 174 valence electrons. The molecule has 0 aliphatic rings. The van der Waals surface area contributed by atoms with Crippen LogP contribution in [-0.4, -0.2) is 25.5 Å². The first-order chi connectivity index (χ1) is 15.5. The molecular weight excluding hydrogens is 402 g/mol. The van der Waals surface area contributed by atoms with Crippen molar-refractivity contribution in [3.63, 3.8) is 0 Å². The maximum Gasteiger partial charge on any atom is 0.0411 e. The van der Waals surface area contributed by atoms with Gasteiger partial charge in [-0.1, -0.05) is 76.6 Å². The quantitative estimate of drug-likeness (QED) is 0.484. The molecule has 2 aromatic carbocycles. The summed E-state index contributed by atoms with van der Waals surface area (Å²) >= 11 is 0. The van der Waals surface area contributed by atoms with E-state index in [4.69, 9.17) is 5.73 Å². The third kappa shape index (κ3) is 8.67. The van der Waals surface area contributed by atoms with Crippen LogP contribution in [0, 0.1) is 23.2 Å². The summed E-state index contributed by atoms with van der Waals surface area (Å²) in [6.07, 6.45) is 0.678. The molecule has 0 aliphatic carbocycles. The SMILES string of the molecule is C=C(CC(C(=C)N)C(=C)NC)c1ccc(C#Cc2ccc(CN(C)CC(C)(C)C)cc2)cc1. The predicted octanol–water partition coefficient (Wildman–Crippen LogP) is 5.79. The molecule has 1 unspecified atom stereocenters. The largest absolute Gasteiger partial charge is 0.402 e. The molecule has 0 saturated carbocycles. The highest BCUT2D eigenvalue weighted by Crippen LogP contribution is 2.27. The van der Waals surface area contributed by atoms with E-state index >= 15 is 0 Å². The van der Waals surface area contributed by atoms with Crippen LogP contribution in [0.1, 0.15) is 49.4 Å². The number of nitrogens with zero attached hydrogens (tertiary/aromatic N) is 1. The zero-order valence-electron chi connectivity index (χ0n) is 21.0. The number of nitrogens with two attached hydrogens (primary N) is 1. The Kier molecular flexibility index (Phi) is 9.14. The number of rotatable bonds is 9. The van der Waals surface area contributed by atoms with Crippen LogP contribution in [0.3, 0.4) is 0 Å². The summed E-state index contributed by atoms with van der Waals surface area (Å²) in [4.78, 5) is 2.36. The smallest absolute Gasteiger partial charge is 0.0411 e. The van der Waals surface area contributed by atoms with Crippen molar-refractivity contribution in [3.05, 3.63) is 102 Å². The summed E-state index contributed by atoms with van der Waals surface area (Å²) < 4.78 is 0. The molecule has 0 aliphatic heterocycles. The maximum absolute atomic E-state index is 5.96. The molecular formula is C30H39N3. The second kappa shape index (κ2) is 11.6. The highest BCUT2D eigenvalue weighted by atomic mass is 15.1. The van der Waals surface area contributed by atoms with Crippen molar-refractivity contribution in [3.8, 4) is 11.8 Å². The van der Waals surface area contributed by atoms with Gasteiger partial charge in [-0.15, -0.1) is 0 Å². The minimum absolute atomic E-state index is 0.0433. The molecule has 2 aromatic rings. The van der Waals surface area contributed by atoms with E-state index in [1.54, 1.807) is 0 Å². The third-order valence-corrected chi connectivity index (χ3v) is 5.43. The summed E-state index contributed by atoms with van der Waals surface area (Å²) in [5.74, 6) is 6.48. The van der Waals surface area contributed by atoms with Crippen LogP contribution in [-0.2, 0) is 6.54 Å². The third-order valence-electron chi connectivity index (χ3n) is 5.43. The Morgan fingerprint density at radius 1 is 0.970 bits per heavy atom. The van der Waals surface area contributed by atoms with E-state index in [1.165, 1.54) is 5.56 Å². The number of hydrogen-bond donors (Lipinski definition) is 2. The van der Waals surface area contributed by atoms with Crippen molar-refractivity contribution in [2.75, 3.05) is 20.6 Å². The minimum atomic E-state index is -0.0433. The van der Waals surface area contributed by atoms with Crippen molar-refractivity contribution in [2.45, 2.75) is 33.7 Å². The van der Waals surface area contributed by atoms with Crippen LogP contribution in [0.4, 0.5) is 0 Å². The predicted molar refractivity (Wildman–Crippen MR) is 143 cm³/mol. The van der Waals surface area contributed by atoms with Crippen LogP contribution in [0.2, 0.25) is 0 Å². The van der Waals surface area contributed by atoms with Crippen LogP contribution < -0.4 is 11.1 Å². The lowest BCUT2D eigenvalue weighted by atomic mass is 9.91. The van der Waals surface area contributed by atoms with Crippen LogP contribution >= 0.6 is 0 Å². The molecule has 0 spiro atoms. The monoisotopic (exact) mass is 441 g/mol. The summed E-state index contributed by atoms with van der Waals surface area (Å²) in [6, 6.07) is 16.7. The molecule has 0 heterocycles. The number of nitrogens with one attached hydrogen (secondary N) is 1. The Bertz CT molecular complexity index is 1030. The van der Waals surface area contributed by atoms with Gasteiger partial charge >= 0.3 is 0 Å². The molecule has 2 rings (SSSR count). The Hall–Kier alpha value is -3.22. The van der Waals surface area contributed by atoms with Gasteiger partial charge in [0.1, 0.15) is 0 Å². The minimum Gasteiger partial charge on any atom is -0.402 e. The van der Waals surface area contributed by atoms with Crippen molar-refractivity contribution in [1.29, 1.82) is 0 Å². The molecule has 0 amide bonds. The summed E-state index contributed by atoms with van der Waals surface area (Å²) in [7, 11) is 4.01. The molecule has 33 heavy (non-hydrogen) atoms. The average Bonchev–Trinajstić information content (AvgIpc) is 2.75. The second-order valence-corrected chi connectivity index (χ2v) is 9.97. The standard InChI is InChI=1S/C30H39N3/c1-22(19-29(23(2)31)24(3)32-7)28-17-15-26(16-18-28)10-9-25-11-13-27(14-12-25)20-33(8)21-30(4,5)6/h11-18,29,32H,1-3,19-21,31H2,4-8H3. The molecule has 0 fully saturated rings. The van der Waals surface area contributed by atoms with Crippen LogP contribution in [0.25, 0.3) is 5.57 Å². The molecule has 1 atom stereocenters.